The number of fused-ring (bicyclic) bond motifs is 3. The van der Waals surface area contributed by atoms with E-state index in [0.29, 0.717) is 22.7 Å². The lowest BCUT2D eigenvalue weighted by atomic mass is 10.2. The van der Waals surface area contributed by atoms with E-state index in [1.165, 1.54) is 12.8 Å². The van der Waals surface area contributed by atoms with Gasteiger partial charge >= 0.3 is 0 Å². The third-order valence-corrected chi connectivity index (χ3v) is 4.99. The molecule has 6 nitrogen and oxygen atoms in total. The van der Waals surface area contributed by atoms with Gasteiger partial charge in [0.05, 0.1) is 10.9 Å². The number of benzene rings is 1. The van der Waals surface area contributed by atoms with Crippen molar-refractivity contribution in [1.82, 2.24) is 19.2 Å². The highest BCUT2D eigenvalue weighted by Gasteiger charge is 2.20. The fraction of sp³-hybridized carbons (Fsp3) is 0.471. The van der Waals surface area contributed by atoms with Gasteiger partial charge in [-0.15, -0.1) is 10.2 Å². The van der Waals surface area contributed by atoms with E-state index in [4.69, 9.17) is 11.6 Å². The third kappa shape index (κ3) is 2.36. The molecular formula is C17H20ClN5O. The van der Waals surface area contributed by atoms with Gasteiger partial charge in [-0.1, -0.05) is 24.4 Å². The first kappa shape index (κ1) is 15.4. The summed E-state index contributed by atoms with van der Waals surface area (Å²) in [5, 5.41) is 9.92. The van der Waals surface area contributed by atoms with E-state index in [1.54, 1.807) is 10.6 Å². The number of aromatic nitrogens is 4. The second kappa shape index (κ2) is 6.09. The monoisotopic (exact) mass is 345 g/mol. The van der Waals surface area contributed by atoms with E-state index in [-0.39, 0.29) is 5.56 Å². The normalized spacial score (nSPS) is 16.0. The van der Waals surface area contributed by atoms with Gasteiger partial charge in [0, 0.05) is 24.7 Å². The first-order chi connectivity index (χ1) is 11.7. The van der Waals surface area contributed by atoms with Crippen LogP contribution in [0.2, 0.25) is 5.02 Å². The summed E-state index contributed by atoms with van der Waals surface area (Å²) in [7, 11) is 0. The zero-order chi connectivity index (χ0) is 16.7. The summed E-state index contributed by atoms with van der Waals surface area (Å²) in [4.78, 5) is 15.1. The fourth-order valence-corrected chi connectivity index (χ4v) is 3.70. The molecule has 0 radical (unpaired) electrons. The van der Waals surface area contributed by atoms with Crippen molar-refractivity contribution in [3.63, 3.8) is 0 Å². The lowest BCUT2D eigenvalue weighted by molar-refractivity contribution is 0.726. The highest BCUT2D eigenvalue weighted by molar-refractivity contribution is 6.31. The van der Waals surface area contributed by atoms with Crippen molar-refractivity contribution in [2.75, 3.05) is 18.0 Å². The van der Waals surface area contributed by atoms with Crippen molar-refractivity contribution in [1.29, 1.82) is 0 Å². The maximum absolute atomic E-state index is 12.8. The Balaban J connectivity index is 2.05. The highest BCUT2D eigenvalue weighted by atomic mass is 35.5. The highest BCUT2D eigenvalue weighted by Crippen LogP contribution is 2.24. The van der Waals surface area contributed by atoms with Gasteiger partial charge in [-0.25, -0.2) is 4.40 Å². The predicted octanol–water partition coefficient (Wildman–Crippen LogP) is 3.10. The van der Waals surface area contributed by atoms with Gasteiger partial charge in [0.25, 0.3) is 5.56 Å². The minimum Gasteiger partial charge on any atom is -0.341 e. The SMILES string of the molecule is CCn1c(=O)c2cc(Cl)ccc2n2c(N3CCCCCC3)nnc12. The molecule has 0 saturated carbocycles. The fourth-order valence-electron chi connectivity index (χ4n) is 3.53. The van der Waals surface area contributed by atoms with Crippen LogP contribution in [0, 0.1) is 0 Å². The quantitative estimate of drug-likeness (QED) is 0.716. The zero-order valence-electron chi connectivity index (χ0n) is 13.7. The molecule has 4 rings (SSSR count). The number of hydrogen-bond acceptors (Lipinski definition) is 4. The average molecular weight is 346 g/mol. The molecule has 0 unspecified atom stereocenters. The van der Waals surface area contributed by atoms with Crippen LogP contribution in [0.1, 0.15) is 32.6 Å². The molecule has 0 spiro atoms. The minimum atomic E-state index is -0.0719. The summed E-state index contributed by atoms with van der Waals surface area (Å²) in [5.74, 6) is 1.41. The molecule has 0 N–H and O–H groups in total. The minimum absolute atomic E-state index is 0.0719. The average Bonchev–Trinajstić information content (AvgIpc) is 2.84. The Hall–Kier alpha value is -2.08. The number of aryl methyl sites for hydroxylation is 1. The lowest BCUT2D eigenvalue weighted by Crippen LogP contribution is -2.27. The standard InChI is InChI=1S/C17H20ClN5O/c1-2-22-15(24)13-11-12(18)7-8-14(13)23-16(19-20-17(22)23)21-9-5-3-4-6-10-21/h7-8,11H,2-6,9-10H2,1H3. The first-order valence-electron chi connectivity index (χ1n) is 8.53. The van der Waals surface area contributed by atoms with Gasteiger partial charge < -0.3 is 4.90 Å². The van der Waals surface area contributed by atoms with E-state index < -0.39 is 0 Å². The van der Waals surface area contributed by atoms with Crippen molar-refractivity contribution < 1.29 is 0 Å². The Labute approximate surface area is 144 Å². The molecule has 126 valence electrons. The van der Waals surface area contributed by atoms with E-state index in [0.717, 1.165) is 37.4 Å². The van der Waals surface area contributed by atoms with Gasteiger partial charge in [0.1, 0.15) is 0 Å². The molecular weight excluding hydrogens is 326 g/mol. The second-order valence-corrected chi connectivity index (χ2v) is 6.68. The van der Waals surface area contributed by atoms with Crippen molar-refractivity contribution in [2.24, 2.45) is 0 Å². The van der Waals surface area contributed by atoms with Crippen LogP contribution >= 0.6 is 11.6 Å². The molecule has 3 heterocycles. The van der Waals surface area contributed by atoms with Crippen molar-refractivity contribution in [3.05, 3.63) is 33.6 Å². The zero-order valence-corrected chi connectivity index (χ0v) is 14.5. The van der Waals surface area contributed by atoms with Crippen LogP contribution in [0.15, 0.2) is 23.0 Å². The van der Waals surface area contributed by atoms with Gasteiger partial charge in [0.15, 0.2) is 0 Å². The molecule has 1 aliphatic rings. The van der Waals surface area contributed by atoms with Crippen LogP contribution in [-0.4, -0.2) is 32.3 Å². The van der Waals surface area contributed by atoms with Crippen LogP contribution < -0.4 is 10.5 Å². The Morgan fingerprint density at radius 2 is 1.88 bits per heavy atom. The summed E-state index contributed by atoms with van der Waals surface area (Å²) in [6.45, 7) is 4.43. The van der Waals surface area contributed by atoms with Crippen molar-refractivity contribution in [2.45, 2.75) is 39.2 Å². The van der Waals surface area contributed by atoms with Crippen LogP contribution in [0.25, 0.3) is 16.7 Å². The molecule has 0 atom stereocenters. The Morgan fingerprint density at radius 3 is 2.58 bits per heavy atom. The Morgan fingerprint density at radius 1 is 1.12 bits per heavy atom. The molecule has 0 aliphatic carbocycles. The Bertz CT molecular complexity index is 953. The molecule has 3 aromatic rings. The largest absolute Gasteiger partial charge is 0.341 e. The van der Waals surface area contributed by atoms with E-state index in [9.17, 15) is 4.79 Å². The molecule has 0 amide bonds. The Kier molecular flexibility index (Phi) is 3.92. The topological polar surface area (TPSA) is 55.4 Å². The van der Waals surface area contributed by atoms with Crippen LogP contribution in [0.5, 0.6) is 0 Å². The molecule has 1 aromatic carbocycles. The molecule has 7 heteroatoms. The van der Waals surface area contributed by atoms with E-state index in [1.807, 2.05) is 23.5 Å². The summed E-state index contributed by atoms with van der Waals surface area (Å²) >= 11 is 6.12. The van der Waals surface area contributed by atoms with Gasteiger partial charge in [-0.3, -0.25) is 9.36 Å². The summed E-state index contributed by atoms with van der Waals surface area (Å²) in [5.41, 5.74) is 0.741. The summed E-state index contributed by atoms with van der Waals surface area (Å²) in [6.07, 6.45) is 4.82. The molecule has 1 aliphatic heterocycles. The number of nitrogens with zero attached hydrogens (tertiary/aromatic N) is 5. The first-order valence-corrected chi connectivity index (χ1v) is 8.90. The molecule has 1 saturated heterocycles. The number of rotatable bonds is 2. The van der Waals surface area contributed by atoms with Gasteiger partial charge in [-0.05, 0) is 38.0 Å². The van der Waals surface area contributed by atoms with Crippen molar-refractivity contribution >= 4 is 34.2 Å². The molecule has 0 bridgehead atoms. The number of anilines is 1. The number of hydrogen-bond donors (Lipinski definition) is 0. The smallest absolute Gasteiger partial charge is 0.262 e. The second-order valence-electron chi connectivity index (χ2n) is 6.25. The van der Waals surface area contributed by atoms with E-state index in [2.05, 4.69) is 15.1 Å². The number of halogens is 1. The molecule has 1 fully saturated rings. The predicted molar refractivity (Wildman–Crippen MR) is 96.1 cm³/mol. The summed E-state index contributed by atoms with van der Waals surface area (Å²) in [6, 6.07) is 5.43. The third-order valence-electron chi connectivity index (χ3n) is 4.75. The van der Waals surface area contributed by atoms with Crippen molar-refractivity contribution in [3.8, 4) is 0 Å². The molecule has 2 aromatic heterocycles. The maximum Gasteiger partial charge on any atom is 0.262 e. The maximum atomic E-state index is 12.8. The van der Waals surface area contributed by atoms with E-state index >= 15 is 0 Å². The lowest BCUT2D eigenvalue weighted by Gasteiger charge is -2.20. The van der Waals surface area contributed by atoms with Crippen LogP contribution in [0.3, 0.4) is 0 Å². The van der Waals surface area contributed by atoms with Gasteiger partial charge in [-0.2, -0.15) is 0 Å². The summed E-state index contributed by atoms with van der Waals surface area (Å²) < 4.78 is 3.66. The van der Waals surface area contributed by atoms with Crippen LogP contribution in [-0.2, 0) is 6.54 Å². The van der Waals surface area contributed by atoms with Crippen LogP contribution in [0.4, 0.5) is 5.95 Å². The van der Waals surface area contributed by atoms with Gasteiger partial charge in [0.2, 0.25) is 11.7 Å². The molecule has 24 heavy (non-hydrogen) atoms.